The third-order valence-corrected chi connectivity index (χ3v) is 6.09. The first-order valence-electron chi connectivity index (χ1n) is 10.0. The van der Waals surface area contributed by atoms with Gasteiger partial charge in [-0.25, -0.2) is 0 Å². The van der Waals surface area contributed by atoms with Crippen molar-refractivity contribution in [2.75, 3.05) is 7.11 Å². The normalized spacial score (nSPS) is 11.7. The highest BCUT2D eigenvalue weighted by molar-refractivity contribution is 8.00. The van der Waals surface area contributed by atoms with Crippen LogP contribution in [0.15, 0.2) is 78.0 Å². The molecule has 3 aromatic carbocycles. The number of carbonyl (C=O) groups excluding carboxylic acids is 1. The summed E-state index contributed by atoms with van der Waals surface area (Å²) in [5, 5.41) is 9.26. The van der Waals surface area contributed by atoms with E-state index in [0.717, 1.165) is 11.4 Å². The number of carbonyl (C=O) groups is 1. The molecule has 0 spiro atoms. The minimum absolute atomic E-state index is 0.442. The maximum Gasteiger partial charge on any atom is 0.230 e. The molecule has 0 aliphatic heterocycles. The van der Waals surface area contributed by atoms with E-state index < -0.39 is 11.2 Å². The summed E-state index contributed by atoms with van der Waals surface area (Å²) in [6.45, 7) is 1.72. The number of methoxy groups -OCH3 is 1. The smallest absolute Gasteiger partial charge is 0.230 e. The molecule has 4 rings (SSSR count). The third kappa shape index (κ3) is 5.13. The summed E-state index contributed by atoms with van der Waals surface area (Å²) in [6, 6.07) is 22.3. The number of primary amides is 1. The Bertz CT molecular complexity index is 1260. The number of hydrogen-bond donors (Lipinski definition) is 1. The van der Waals surface area contributed by atoms with Crippen molar-refractivity contribution >= 4 is 29.3 Å². The van der Waals surface area contributed by atoms with Crippen LogP contribution in [0, 0.1) is 0 Å². The highest BCUT2D eigenvalue weighted by atomic mass is 35.5. The fourth-order valence-electron chi connectivity index (χ4n) is 3.11. The lowest BCUT2D eigenvalue weighted by Crippen LogP contribution is -2.23. The molecule has 9 heteroatoms. The molecule has 2 N–H and O–H groups in total. The van der Waals surface area contributed by atoms with Crippen molar-refractivity contribution in [1.82, 2.24) is 14.8 Å². The second kappa shape index (κ2) is 9.97. The summed E-state index contributed by atoms with van der Waals surface area (Å²) >= 11 is 7.48. The second-order valence-corrected chi connectivity index (χ2v) is 8.80. The molecule has 0 saturated heterocycles. The van der Waals surface area contributed by atoms with E-state index in [1.807, 2.05) is 59.2 Å². The summed E-state index contributed by atoms with van der Waals surface area (Å²) in [5.41, 5.74) is 6.92. The van der Waals surface area contributed by atoms with Gasteiger partial charge in [0.15, 0.2) is 11.0 Å². The number of nitrogens with two attached hydrogens (primary N) is 1. The molecule has 0 fully saturated rings. The number of ether oxygens (including phenoxy) is 2. The van der Waals surface area contributed by atoms with Crippen LogP contribution in [-0.2, 0) is 4.79 Å². The van der Waals surface area contributed by atoms with E-state index in [1.165, 1.54) is 11.8 Å². The molecule has 0 aliphatic rings. The minimum atomic E-state index is -0.497. The van der Waals surface area contributed by atoms with Crippen LogP contribution in [0.25, 0.3) is 17.1 Å². The molecule has 1 atom stereocenters. The lowest BCUT2D eigenvalue weighted by Gasteiger charge is -2.14. The van der Waals surface area contributed by atoms with E-state index >= 15 is 0 Å². The van der Waals surface area contributed by atoms with Crippen molar-refractivity contribution in [2.24, 2.45) is 5.73 Å². The van der Waals surface area contributed by atoms with Gasteiger partial charge >= 0.3 is 0 Å². The molecule has 1 heterocycles. The van der Waals surface area contributed by atoms with Gasteiger partial charge in [0.05, 0.1) is 23.6 Å². The van der Waals surface area contributed by atoms with Gasteiger partial charge in [-0.3, -0.25) is 9.36 Å². The molecule has 4 aromatic rings. The van der Waals surface area contributed by atoms with Crippen LogP contribution >= 0.6 is 23.4 Å². The number of para-hydroxylation sites is 1. The van der Waals surface area contributed by atoms with Gasteiger partial charge in [0, 0.05) is 5.02 Å². The molecule has 0 radical (unpaired) electrons. The Hall–Kier alpha value is -3.49. The van der Waals surface area contributed by atoms with E-state index in [9.17, 15) is 4.79 Å². The van der Waals surface area contributed by atoms with Crippen molar-refractivity contribution < 1.29 is 14.3 Å². The summed E-state index contributed by atoms with van der Waals surface area (Å²) in [4.78, 5) is 11.7. The topological polar surface area (TPSA) is 92.3 Å². The predicted octanol–water partition coefficient (Wildman–Crippen LogP) is 5.35. The highest BCUT2D eigenvalue weighted by Crippen LogP contribution is 2.36. The molecular formula is C24H21ClN4O3S. The van der Waals surface area contributed by atoms with E-state index in [4.69, 9.17) is 26.8 Å². The minimum Gasteiger partial charge on any atom is -0.496 e. The van der Waals surface area contributed by atoms with E-state index in [1.54, 1.807) is 32.2 Å². The maximum absolute atomic E-state index is 11.7. The maximum atomic E-state index is 11.7. The first-order chi connectivity index (χ1) is 16.0. The standard InChI is InChI=1S/C24H21ClN4O3S/c1-15(22(26)30)33-24-28-27-23(20-14-16(25)8-13-21(20)31-2)29(24)17-9-11-19(12-10-17)32-18-6-4-3-5-7-18/h3-15H,1-2H3,(H2,26,30). The zero-order chi connectivity index (χ0) is 23.4. The van der Waals surface area contributed by atoms with Gasteiger partial charge < -0.3 is 15.2 Å². The van der Waals surface area contributed by atoms with Crippen molar-refractivity contribution in [1.29, 1.82) is 0 Å². The molecule has 7 nitrogen and oxygen atoms in total. The summed E-state index contributed by atoms with van der Waals surface area (Å²) in [5.74, 6) is 2.09. The van der Waals surface area contributed by atoms with Gasteiger partial charge in [0.2, 0.25) is 5.91 Å². The highest BCUT2D eigenvalue weighted by Gasteiger charge is 2.22. The Labute approximate surface area is 200 Å². The number of rotatable bonds is 8. The Morgan fingerprint density at radius 1 is 1.03 bits per heavy atom. The monoisotopic (exact) mass is 480 g/mol. The van der Waals surface area contributed by atoms with Crippen LogP contribution in [0.4, 0.5) is 0 Å². The predicted molar refractivity (Wildman–Crippen MR) is 129 cm³/mol. The van der Waals surface area contributed by atoms with Crippen LogP contribution in [0.5, 0.6) is 17.2 Å². The largest absolute Gasteiger partial charge is 0.496 e. The quantitative estimate of drug-likeness (QED) is 0.341. The number of amides is 1. The zero-order valence-corrected chi connectivity index (χ0v) is 19.5. The Kier molecular flexibility index (Phi) is 6.86. The molecule has 168 valence electrons. The fraction of sp³-hybridized carbons (Fsp3) is 0.125. The van der Waals surface area contributed by atoms with Crippen LogP contribution < -0.4 is 15.2 Å². The van der Waals surface area contributed by atoms with Crippen LogP contribution in [0.3, 0.4) is 0 Å². The summed E-state index contributed by atoms with van der Waals surface area (Å²) in [7, 11) is 1.58. The first kappa shape index (κ1) is 22.7. The molecule has 1 aromatic heterocycles. The SMILES string of the molecule is COc1ccc(Cl)cc1-c1nnc(SC(C)C(N)=O)n1-c1ccc(Oc2ccccc2)cc1. The van der Waals surface area contributed by atoms with Crippen molar-refractivity contribution in [2.45, 2.75) is 17.3 Å². The fourth-order valence-corrected chi connectivity index (χ4v) is 4.10. The number of hydrogen-bond acceptors (Lipinski definition) is 6. The number of aromatic nitrogens is 3. The number of nitrogens with zero attached hydrogens (tertiary/aromatic N) is 3. The first-order valence-corrected chi connectivity index (χ1v) is 11.3. The Morgan fingerprint density at radius 2 is 1.73 bits per heavy atom. The molecule has 1 unspecified atom stereocenters. The van der Waals surface area contributed by atoms with Crippen LogP contribution in [0.1, 0.15) is 6.92 Å². The Morgan fingerprint density at radius 3 is 2.39 bits per heavy atom. The van der Waals surface area contributed by atoms with Gasteiger partial charge in [-0.05, 0) is 61.5 Å². The van der Waals surface area contributed by atoms with Crippen molar-refractivity contribution in [3.05, 3.63) is 77.8 Å². The van der Waals surface area contributed by atoms with Gasteiger partial charge in [0.25, 0.3) is 0 Å². The average Bonchev–Trinajstić information content (AvgIpc) is 3.23. The zero-order valence-electron chi connectivity index (χ0n) is 17.9. The number of thioether (sulfide) groups is 1. The van der Waals surface area contributed by atoms with Crippen LogP contribution in [0.2, 0.25) is 5.02 Å². The molecular weight excluding hydrogens is 460 g/mol. The third-order valence-electron chi connectivity index (χ3n) is 4.79. The van der Waals surface area contributed by atoms with Gasteiger partial charge in [-0.15, -0.1) is 10.2 Å². The summed E-state index contributed by atoms with van der Waals surface area (Å²) < 4.78 is 13.3. The van der Waals surface area contributed by atoms with Crippen molar-refractivity contribution in [3.8, 4) is 34.3 Å². The van der Waals surface area contributed by atoms with E-state index in [0.29, 0.717) is 33.1 Å². The van der Waals surface area contributed by atoms with Gasteiger partial charge in [-0.1, -0.05) is 41.6 Å². The number of benzene rings is 3. The number of halogens is 1. The molecule has 0 bridgehead atoms. The summed E-state index contributed by atoms with van der Waals surface area (Å²) in [6.07, 6.45) is 0. The van der Waals surface area contributed by atoms with Crippen molar-refractivity contribution in [3.63, 3.8) is 0 Å². The molecule has 33 heavy (non-hydrogen) atoms. The second-order valence-electron chi connectivity index (χ2n) is 7.06. The van der Waals surface area contributed by atoms with E-state index in [-0.39, 0.29) is 0 Å². The molecule has 0 saturated carbocycles. The van der Waals surface area contributed by atoms with Gasteiger partial charge in [-0.2, -0.15) is 0 Å². The molecule has 1 amide bonds. The Balaban J connectivity index is 1.77. The average molecular weight is 481 g/mol. The van der Waals surface area contributed by atoms with Gasteiger partial charge in [0.1, 0.15) is 17.2 Å². The van der Waals surface area contributed by atoms with Crippen LogP contribution in [-0.4, -0.2) is 33.0 Å². The van der Waals surface area contributed by atoms with E-state index in [2.05, 4.69) is 10.2 Å². The lowest BCUT2D eigenvalue weighted by atomic mass is 10.2. The lowest BCUT2D eigenvalue weighted by molar-refractivity contribution is -0.117. The molecule has 0 aliphatic carbocycles.